The Kier molecular flexibility index (Phi) is 5.48. The van der Waals surface area contributed by atoms with Crippen LogP contribution < -0.4 is 0 Å². The largest absolute Gasteiger partial charge is 0.369 e. The van der Waals surface area contributed by atoms with Crippen LogP contribution >= 0.6 is 23.5 Å². The molecule has 25 heavy (non-hydrogen) atoms. The fraction of sp³-hybridized carbons (Fsp3) is 0.500. The minimum Gasteiger partial charge on any atom is -0.369 e. The van der Waals surface area contributed by atoms with Gasteiger partial charge in [-0.15, -0.1) is 23.5 Å². The third-order valence-electron chi connectivity index (χ3n) is 3.77. The van der Waals surface area contributed by atoms with E-state index in [1.165, 1.54) is 11.8 Å². The predicted molar refractivity (Wildman–Crippen MR) is 94.6 cm³/mol. The molecule has 0 aliphatic carbocycles. The van der Waals surface area contributed by atoms with Gasteiger partial charge in [-0.05, 0) is 29.8 Å². The number of hydrogen-bond donors (Lipinski definition) is 0. The maximum atomic E-state index is 11.6. The van der Waals surface area contributed by atoms with Crippen molar-refractivity contribution < 1.29 is 17.3 Å². The first-order valence-electron chi connectivity index (χ1n) is 7.27. The molecule has 0 saturated carbocycles. The molecule has 2 aliphatic rings. The van der Waals surface area contributed by atoms with Crippen LogP contribution in [0.5, 0.6) is 0 Å². The standard InChI is InChI=1S/C14H14N4O4S3/c1-25(19,20)22-12-11(17-18-16)10-7-23-14(13(12)21-10)24-9-4-2-8(6-15)3-5-9/h2-5,10-14H,7H2,1H3/t10-,11-,12+,13-,14-/m1/s1. The minimum atomic E-state index is -3.72. The summed E-state index contributed by atoms with van der Waals surface area (Å²) in [4.78, 5) is 3.74. The van der Waals surface area contributed by atoms with Gasteiger partial charge in [0.1, 0.15) is 12.2 Å². The maximum absolute atomic E-state index is 11.6. The SMILES string of the molecule is CS(=O)(=O)O[C@H]1[C@H](N=[N+]=[N-])[C@H]2CS[C@H](Sc3ccc(C#N)cc3)[C@@H]1O2. The molecule has 0 unspecified atom stereocenters. The molecule has 3 rings (SSSR count). The van der Waals surface area contributed by atoms with Crippen molar-refractivity contribution in [3.05, 3.63) is 40.3 Å². The number of hydrogen-bond acceptors (Lipinski definition) is 8. The average molecular weight is 398 g/mol. The summed E-state index contributed by atoms with van der Waals surface area (Å²) in [5, 5.41) is 12.6. The van der Waals surface area contributed by atoms with Gasteiger partial charge in [0, 0.05) is 15.6 Å². The van der Waals surface area contributed by atoms with Crippen molar-refractivity contribution in [2.24, 2.45) is 5.11 Å². The van der Waals surface area contributed by atoms with E-state index in [0.29, 0.717) is 11.3 Å². The number of ether oxygens (including phenoxy) is 1. The van der Waals surface area contributed by atoms with Crippen molar-refractivity contribution in [2.75, 3.05) is 12.0 Å². The van der Waals surface area contributed by atoms with Gasteiger partial charge in [0.15, 0.2) is 0 Å². The van der Waals surface area contributed by atoms with E-state index in [-0.39, 0.29) is 10.7 Å². The van der Waals surface area contributed by atoms with Gasteiger partial charge in [0.2, 0.25) is 0 Å². The fourth-order valence-electron chi connectivity index (χ4n) is 2.76. The van der Waals surface area contributed by atoms with Crippen LogP contribution in [0.15, 0.2) is 34.3 Å². The molecule has 5 atom stereocenters. The molecule has 0 spiro atoms. The maximum Gasteiger partial charge on any atom is 0.264 e. The van der Waals surface area contributed by atoms with Crippen molar-refractivity contribution in [2.45, 2.75) is 33.8 Å². The van der Waals surface area contributed by atoms with E-state index in [9.17, 15) is 8.42 Å². The highest BCUT2D eigenvalue weighted by molar-refractivity contribution is 8.17. The lowest BCUT2D eigenvalue weighted by molar-refractivity contribution is 0.0320. The van der Waals surface area contributed by atoms with E-state index in [1.54, 1.807) is 23.9 Å². The van der Waals surface area contributed by atoms with E-state index in [2.05, 4.69) is 16.1 Å². The van der Waals surface area contributed by atoms with Crippen LogP contribution in [-0.4, -0.2) is 49.4 Å². The fourth-order valence-corrected chi connectivity index (χ4v) is 6.21. The summed E-state index contributed by atoms with van der Waals surface area (Å²) in [6, 6.07) is 8.51. The van der Waals surface area contributed by atoms with E-state index >= 15 is 0 Å². The van der Waals surface area contributed by atoms with Crippen LogP contribution in [0.2, 0.25) is 0 Å². The molecule has 132 valence electrons. The average Bonchev–Trinajstić information content (AvgIpc) is 2.83. The Labute approximate surface area is 153 Å². The molecular weight excluding hydrogens is 384 g/mol. The zero-order chi connectivity index (χ0) is 18.0. The van der Waals surface area contributed by atoms with Crippen molar-refractivity contribution >= 4 is 33.6 Å². The lowest BCUT2D eigenvalue weighted by Gasteiger charge is -2.29. The van der Waals surface area contributed by atoms with E-state index in [0.717, 1.165) is 11.2 Å². The van der Waals surface area contributed by atoms with Crippen LogP contribution in [0.25, 0.3) is 10.4 Å². The second-order valence-corrected chi connectivity index (χ2v) is 9.84. The van der Waals surface area contributed by atoms with E-state index < -0.39 is 28.4 Å². The summed E-state index contributed by atoms with van der Waals surface area (Å²) in [6.07, 6.45) is -0.759. The molecule has 0 N–H and O–H groups in total. The Morgan fingerprint density at radius 1 is 1.48 bits per heavy atom. The van der Waals surface area contributed by atoms with Gasteiger partial charge in [-0.2, -0.15) is 13.7 Å². The molecule has 2 saturated heterocycles. The molecule has 0 radical (unpaired) electrons. The molecule has 0 aromatic heterocycles. The first-order valence-corrected chi connectivity index (χ1v) is 11.0. The minimum absolute atomic E-state index is 0.116. The van der Waals surface area contributed by atoms with Gasteiger partial charge in [-0.25, -0.2) is 0 Å². The molecule has 1 aromatic carbocycles. The summed E-state index contributed by atoms with van der Waals surface area (Å²) in [7, 11) is -3.72. The topological polar surface area (TPSA) is 125 Å². The quantitative estimate of drug-likeness (QED) is 0.323. The molecule has 1 aromatic rings. The van der Waals surface area contributed by atoms with Gasteiger partial charge in [0.25, 0.3) is 10.1 Å². The second kappa shape index (κ2) is 7.45. The van der Waals surface area contributed by atoms with Crippen molar-refractivity contribution in [1.82, 2.24) is 0 Å². The molecule has 8 nitrogen and oxygen atoms in total. The van der Waals surface area contributed by atoms with Gasteiger partial charge < -0.3 is 4.74 Å². The number of azide groups is 1. The summed E-state index contributed by atoms with van der Waals surface area (Å²) in [5.74, 6) is 0.581. The monoisotopic (exact) mass is 398 g/mol. The third-order valence-corrected chi connectivity index (χ3v) is 7.20. The number of nitrogens with zero attached hydrogens (tertiary/aromatic N) is 4. The van der Waals surface area contributed by atoms with Crippen LogP contribution in [0, 0.1) is 11.3 Å². The summed E-state index contributed by atoms with van der Waals surface area (Å²) in [5.41, 5.74) is 9.34. The Balaban J connectivity index is 1.82. The van der Waals surface area contributed by atoms with Gasteiger partial charge in [0.05, 0.1) is 34.6 Å². The van der Waals surface area contributed by atoms with Crippen LogP contribution in [0.4, 0.5) is 0 Å². The zero-order valence-corrected chi connectivity index (χ0v) is 15.5. The third kappa shape index (κ3) is 4.23. The van der Waals surface area contributed by atoms with Crippen molar-refractivity contribution in [3.8, 4) is 6.07 Å². The molecule has 2 bridgehead atoms. The Bertz CT molecular complexity index is 833. The van der Waals surface area contributed by atoms with Gasteiger partial charge in [-0.3, -0.25) is 4.18 Å². The predicted octanol–water partition coefficient (Wildman–Crippen LogP) is 2.51. The highest BCUT2D eigenvalue weighted by Crippen LogP contribution is 2.46. The van der Waals surface area contributed by atoms with E-state index in [1.807, 2.05) is 12.1 Å². The first-order chi connectivity index (χ1) is 11.9. The number of thioether (sulfide) groups is 2. The van der Waals surface area contributed by atoms with E-state index in [4.69, 9.17) is 19.7 Å². The number of fused-ring (bicyclic) bond motifs is 2. The zero-order valence-electron chi connectivity index (χ0n) is 13.0. The van der Waals surface area contributed by atoms with Crippen LogP contribution in [0.3, 0.4) is 0 Å². The highest BCUT2D eigenvalue weighted by Gasteiger charge is 2.53. The van der Waals surface area contributed by atoms with Gasteiger partial charge >= 0.3 is 0 Å². The normalized spacial score (nSPS) is 31.1. The number of benzene rings is 1. The lowest BCUT2D eigenvalue weighted by Crippen LogP contribution is -2.38. The Hall–Kier alpha value is -1.41. The van der Waals surface area contributed by atoms with Crippen LogP contribution in [0.1, 0.15) is 5.56 Å². The number of rotatable bonds is 5. The Morgan fingerprint density at radius 3 is 2.80 bits per heavy atom. The Morgan fingerprint density at radius 2 is 2.20 bits per heavy atom. The molecule has 2 fully saturated rings. The molecule has 0 amide bonds. The molecular formula is C14H14N4O4S3. The number of nitriles is 1. The van der Waals surface area contributed by atoms with Gasteiger partial charge in [-0.1, -0.05) is 5.11 Å². The van der Waals surface area contributed by atoms with Crippen LogP contribution in [-0.2, 0) is 19.0 Å². The molecule has 11 heteroatoms. The second-order valence-electron chi connectivity index (χ2n) is 5.56. The summed E-state index contributed by atoms with van der Waals surface area (Å²) >= 11 is 3.13. The van der Waals surface area contributed by atoms with Crippen molar-refractivity contribution in [3.63, 3.8) is 0 Å². The smallest absolute Gasteiger partial charge is 0.264 e. The first kappa shape index (κ1) is 18.4. The molecule has 2 aliphatic heterocycles. The molecule has 2 heterocycles. The van der Waals surface area contributed by atoms with Crippen molar-refractivity contribution in [1.29, 1.82) is 5.26 Å². The highest BCUT2D eigenvalue weighted by atomic mass is 32.2. The summed E-state index contributed by atoms with van der Waals surface area (Å²) < 4.78 is 34.2. The lowest BCUT2D eigenvalue weighted by atomic mass is 10.1. The summed E-state index contributed by atoms with van der Waals surface area (Å²) in [6.45, 7) is 0.